The molecule has 4 rings (SSSR count). The van der Waals surface area contributed by atoms with E-state index in [-0.39, 0.29) is 65.0 Å². The Balaban J connectivity index is 1.49. The van der Waals surface area contributed by atoms with E-state index in [1.165, 1.54) is 19.2 Å². The fourth-order valence-electron chi connectivity index (χ4n) is 6.59. The normalized spacial score (nSPS) is 28.4. The van der Waals surface area contributed by atoms with Gasteiger partial charge >= 0.3 is 5.97 Å². The van der Waals surface area contributed by atoms with Gasteiger partial charge in [0.25, 0.3) is 5.91 Å². The van der Waals surface area contributed by atoms with Crippen LogP contribution >= 0.6 is 0 Å². The highest BCUT2D eigenvalue weighted by Gasteiger charge is 2.51. The minimum atomic E-state index is -0.830. The number of hydrogen-bond acceptors (Lipinski definition) is 7. The molecule has 3 amide bonds. The molecule has 3 fully saturated rings. The maximum absolute atomic E-state index is 13.6. The molecular weight excluding hydrogens is 528 g/mol. The van der Waals surface area contributed by atoms with E-state index in [1.807, 2.05) is 13.8 Å². The molecule has 1 aromatic rings. The van der Waals surface area contributed by atoms with E-state index in [1.54, 1.807) is 6.92 Å². The molecule has 2 bridgehead atoms. The van der Waals surface area contributed by atoms with Gasteiger partial charge in [0, 0.05) is 18.2 Å². The van der Waals surface area contributed by atoms with E-state index in [2.05, 4.69) is 22.0 Å². The number of fused-ring (bicyclic) bond motifs is 2. The summed E-state index contributed by atoms with van der Waals surface area (Å²) < 4.78 is 11.6. The van der Waals surface area contributed by atoms with E-state index in [0.29, 0.717) is 25.7 Å². The number of carbonyl (C=O) groups is 4. The Labute approximate surface area is 240 Å². The highest BCUT2D eigenvalue weighted by molar-refractivity contribution is 5.98. The average Bonchev–Trinajstić information content (AvgIpc) is 3.54. The first kappa shape index (κ1) is 30.2. The van der Waals surface area contributed by atoms with Crippen molar-refractivity contribution in [2.75, 3.05) is 13.7 Å². The van der Waals surface area contributed by atoms with Gasteiger partial charge in [-0.1, -0.05) is 0 Å². The highest BCUT2D eigenvalue weighted by atomic mass is 16.5. The number of nitrogens with zero attached hydrogens (tertiary/aromatic N) is 1. The topological polar surface area (TPSA) is 167 Å². The maximum Gasteiger partial charge on any atom is 0.309 e. The van der Waals surface area contributed by atoms with E-state index in [9.17, 15) is 29.5 Å². The number of aliphatic carboxylic acids is 1. The standard InChI is InChI=1S/C30H40N4O7/c1-16(2)33-24(35)15-32-28(37)25-17-5-6-18(11-17)26(25)34-27(36)21-13-22(19(14-31)12-23(21)40-4)41-20-7-9-30(3,10-8-20)29(38)39/h12-13,16-18,20,25-26H,5-11,15H2,1-4H3,(H,32,37)(H,33,35)(H,34,36)(H,38,39). The molecule has 222 valence electrons. The molecule has 0 aliphatic heterocycles. The quantitative estimate of drug-likeness (QED) is 0.334. The molecule has 0 aromatic heterocycles. The second kappa shape index (κ2) is 12.4. The number of nitrogens with one attached hydrogen (secondary N) is 3. The summed E-state index contributed by atoms with van der Waals surface area (Å²) in [5.41, 5.74) is -0.405. The van der Waals surface area contributed by atoms with Gasteiger partial charge in [0.15, 0.2) is 0 Å². The SMILES string of the molecule is COc1cc(C#N)c(OC2CCC(C)(C(=O)O)CC2)cc1C(=O)NC1C2CCC(C2)C1C(=O)NCC(=O)NC(C)C. The Kier molecular flexibility index (Phi) is 9.10. The summed E-state index contributed by atoms with van der Waals surface area (Å²) >= 11 is 0. The summed E-state index contributed by atoms with van der Waals surface area (Å²) in [4.78, 5) is 50.5. The maximum atomic E-state index is 13.6. The molecule has 4 atom stereocenters. The first-order chi connectivity index (χ1) is 19.4. The molecule has 3 aliphatic carbocycles. The monoisotopic (exact) mass is 568 g/mol. The van der Waals surface area contributed by atoms with Crippen molar-refractivity contribution < 1.29 is 33.8 Å². The van der Waals surface area contributed by atoms with Crippen LogP contribution in [0.3, 0.4) is 0 Å². The molecule has 0 radical (unpaired) electrons. The summed E-state index contributed by atoms with van der Waals surface area (Å²) in [7, 11) is 1.41. The molecule has 4 N–H and O–H groups in total. The van der Waals surface area contributed by atoms with Crippen molar-refractivity contribution >= 4 is 23.7 Å². The van der Waals surface area contributed by atoms with E-state index >= 15 is 0 Å². The van der Waals surface area contributed by atoms with Gasteiger partial charge in [0.05, 0.1) is 42.2 Å². The number of amides is 3. The van der Waals surface area contributed by atoms with Crippen molar-refractivity contribution in [2.45, 2.75) is 83.9 Å². The Bertz CT molecular complexity index is 1230. The molecule has 3 saturated carbocycles. The molecule has 11 nitrogen and oxygen atoms in total. The number of carboxylic acid groups (broad SMARTS) is 1. The number of nitriles is 1. The van der Waals surface area contributed by atoms with Crippen LogP contribution in [0, 0.1) is 34.5 Å². The molecule has 0 saturated heterocycles. The number of rotatable bonds is 10. The summed E-state index contributed by atoms with van der Waals surface area (Å²) in [5.74, 6) is -1.51. The van der Waals surface area contributed by atoms with Crippen molar-refractivity contribution in [2.24, 2.45) is 23.2 Å². The molecule has 1 aromatic carbocycles. The van der Waals surface area contributed by atoms with Crippen molar-refractivity contribution in [3.05, 3.63) is 23.3 Å². The number of methoxy groups -OCH3 is 1. The summed E-state index contributed by atoms with van der Waals surface area (Å²) in [6, 6.07) is 4.63. The van der Waals surface area contributed by atoms with Crippen LogP contribution in [0.5, 0.6) is 11.5 Å². The fourth-order valence-corrected chi connectivity index (χ4v) is 6.59. The molecule has 4 unspecified atom stereocenters. The lowest BCUT2D eigenvalue weighted by molar-refractivity contribution is -0.150. The van der Waals surface area contributed by atoms with Gasteiger partial charge in [-0.2, -0.15) is 5.26 Å². The number of carbonyl (C=O) groups excluding carboxylic acids is 3. The third kappa shape index (κ3) is 6.58. The van der Waals surface area contributed by atoms with Gasteiger partial charge in [0.1, 0.15) is 17.6 Å². The van der Waals surface area contributed by atoms with Gasteiger partial charge in [-0.3, -0.25) is 19.2 Å². The molecule has 0 heterocycles. The van der Waals surface area contributed by atoms with Crippen molar-refractivity contribution in [1.29, 1.82) is 5.26 Å². The van der Waals surface area contributed by atoms with Gasteiger partial charge in [0.2, 0.25) is 11.8 Å². The van der Waals surface area contributed by atoms with Gasteiger partial charge in [-0.25, -0.2) is 0 Å². The van der Waals surface area contributed by atoms with Crippen molar-refractivity contribution in [3.8, 4) is 17.6 Å². The third-order valence-electron chi connectivity index (χ3n) is 8.90. The first-order valence-corrected chi connectivity index (χ1v) is 14.4. The molecular formula is C30H40N4O7. The van der Waals surface area contributed by atoms with Crippen LogP contribution < -0.4 is 25.4 Å². The molecule has 0 spiro atoms. The number of ether oxygens (including phenoxy) is 2. The number of carboxylic acids is 1. The van der Waals surface area contributed by atoms with Crippen LogP contribution in [0.1, 0.15) is 81.6 Å². The van der Waals surface area contributed by atoms with Gasteiger partial charge in [-0.05, 0) is 83.6 Å². The Morgan fingerprint density at radius 2 is 1.78 bits per heavy atom. The van der Waals surface area contributed by atoms with Crippen molar-refractivity contribution in [3.63, 3.8) is 0 Å². The van der Waals surface area contributed by atoms with Gasteiger partial charge in [-0.15, -0.1) is 0 Å². The highest BCUT2D eigenvalue weighted by Crippen LogP contribution is 2.49. The van der Waals surface area contributed by atoms with E-state index < -0.39 is 29.3 Å². The second-order valence-corrected chi connectivity index (χ2v) is 12.1. The second-order valence-electron chi connectivity index (χ2n) is 12.1. The first-order valence-electron chi connectivity index (χ1n) is 14.4. The fraction of sp³-hybridized carbons (Fsp3) is 0.633. The molecule has 11 heteroatoms. The Morgan fingerprint density at radius 1 is 1.10 bits per heavy atom. The average molecular weight is 569 g/mol. The van der Waals surface area contributed by atoms with Crippen LogP contribution in [0.15, 0.2) is 12.1 Å². The van der Waals surface area contributed by atoms with Crippen LogP contribution in [0.25, 0.3) is 0 Å². The van der Waals surface area contributed by atoms with Crippen LogP contribution in [0.2, 0.25) is 0 Å². The summed E-state index contributed by atoms with van der Waals surface area (Å²) in [6.45, 7) is 5.30. The zero-order chi connectivity index (χ0) is 29.9. The lowest BCUT2D eigenvalue weighted by atomic mass is 9.75. The smallest absolute Gasteiger partial charge is 0.309 e. The lowest BCUT2D eigenvalue weighted by Crippen LogP contribution is -2.51. The number of benzene rings is 1. The van der Waals surface area contributed by atoms with E-state index in [4.69, 9.17) is 9.47 Å². The minimum absolute atomic E-state index is 0.0340. The van der Waals surface area contributed by atoms with E-state index in [0.717, 1.165) is 19.3 Å². The van der Waals surface area contributed by atoms with Crippen LogP contribution in [0.4, 0.5) is 0 Å². The zero-order valence-corrected chi connectivity index (χ0v) is 24.1. The zero-order valence-electron chi connectivity index (χ0n) is 24.1. The number of hydrogen-bond donors (Lipinski definition) is 4. The molecule has 3 aliphatic rings. The lowest BCUT2D eigenvalue weighted by Gasteiger charge is -2.34. The van der Waals surface area contributed by atoms with Crippen molar-refractivity contribution in [1.82, 2.24) is 16.0 Å². The largest absolute Gasteiger partial charge is 0.496 e. The van der Waals surface area contributed by atoms with Crippen LogP contribution in [-0.2, 0) is 14.4 Å². The predicted octanol–water partition coefficient (Wildman–Crippen LogP) is 2.76. The Morgan fingerprint density at radius 3 is 2.39 bits per heavy atom. The minimum Gasteiger partial charge on any atom is -0.496 e. The summed E-state index contributed by atoms with van der Waals surface area (Å²) in [6.07, 6.45) is 4.27. The third-order valence-corrected chi connectivity index (χ3v) is 8.90. The van der Waals surface area contributed by atoms with Crippen LogP contribution in [-0.4, -0.2) is 60.6 Å². The predicted molar refractivity (Wildman–Crippen MR) is 148 cm³/mol. The van der Waals surface area contributed by atoms with Gasteiger partial charge < -0.3 is 30.5 Å². The molecule has 41 heavy (non-hydrogen) atoms. The Hall–Kier alpha value is -3.81. The summed E-state index contributed by atoms with van der Waals surface area (Å²) in [5, 5.41) is 27.8.